The van der Waals surface area contributed by atoms with Gasteiger partial charge < -0.3 is 13.9 Å². The van der Waals surface area contributed by atoms with Gasteiger partial charge in [0.1, 0.15) is 12.7 Å². The third-order valence-corrected chi connectivity index (χ3v) is 2.65. The third-order valence-electron chi connectivity index (χ3n) is 2.65. The Bertz CT molecular complexity index is 418. The Morgan fingerprint density at radius 3 is 2.80 bits per heavy atom. The van der Waals surface area contributed by atoms with Crippen LogP contribution in [0.25, 0.3) is 0 Å². The van der Waals surface area contributed by atoms with Crippen LogP contribution < -0.4 is 4.74 Å². The molecule has 6 nitrogen and oxygen atoms in total. The van der Waals surface area contributed by atoms with E-state index in [9.17, 15) is 13.2 Å². The topological polar surface area (TPSA) is 66.6 Å². The zero-order valence-corrected chi connectivity index (χ0v) is 10.9. The molecule has 2 heterocycles. The lowest BCUT2D eigenvalue weighted by molar-refractivity contribution is -0.342. The molecule has 2 rings (SSSR count). The van der Waals surface area contributed by atoms with Crippen molar-refractivity contribution in [1.82, 2.24) is 10.2 Å². The molecule has 1 fully saturated rings. The normalized spacial score (nSPS) is 21.7. The first-order valence-corrected chi connectivity index (χ1v) is 6.26. The molecule has 2 atom stereocenters. The molecule has 0 spiro atoms. The molecule has 0 aromatic carbocycles. The average Bonchev–Trinajstić information content (AvgIpc) is 2.84. The SMILES string of the molecule is CC(COc1nnc([C@H]2CCCCO2)o1)OC(F)(F)F. The maximum atomic E-state index is 11.9. The van der Waals surface area contributed by atoms with Crippen LogP contribution in [0.2, 0.25) is 0 Å². The Kier molecular flexibility index (Phi) is 4.81. The fourth-order valence-corrected chi connectivity index (χ4v) is 1.80. The molecule has 1 saturated heterocycles. The molecular formula is C11H15F3N2O4. The third kappa shape index (κ3) is 4.64. The summed E-state index contributed by atoms with van der Waals surface area (Å²) in [5, 5.41) is 7.37. The smallest absolute Gasteiger partial charge is 0.446 e. The summed E-state index contributed by atoms with van der Waals surface area (Å²) in [5.74, 6) is 0.282. The minimum Gasteiger partial charge on any atom is -0.446 e. The van der Waals surface area contributed by atoms with Gasteiger partial charge in [0.25, 0.3) is 0 Å². The largest absolute Gasteiger partial charge is 0.522 e. The second kappa shape index (κ2) is 6.40. The van der Waals surface area contributed by atoms with Crippen molar-refractivity contribution in [3.05, 3.63) is 5.89 Å². The summed E-state index contributed by atoms with van der Waals surface area (Å²) in [4.78, 5) is 0. The molecule has 114 valence electrons. The van der Waals surface area contributed by atoms with Crippen molar-refractivity contribution in [1.29, 1.82) is 0 Å². The van der Waals surface area contributed by atoms with E-state index >= 15 is 0 Å². The minimum absolute atomic E-state index is 0.188. The van der Waals surface area contributed by atoms with E-state index in [0.717, 1.165) is 19.3 Å². The van der Waals surface area contributed by atoms with Gasteiger partial charge >= 0.3 is 12.4 Å². The highest BCUT2D eigenvalue weighted by atomic mass is 19.4. The van der Waals surface area contributed by atoms with Crippen molar-refractivity contribution in [3.8, 4) is 6.08 Å². The molecule has 0 saturated carbocycles. The van der Waals surface area contributed by atoms with Gasteiger partial charge in [0.2, 0.25) is 5.89 Å². The Balaban J connectivity index is 1.80. The van der Waals surface area contributed by atoms with Crippen LogP contribution in [0.4, 0.5) is 13.2 Å². The van der Waals surface area contributed by atoms with Crippen LogP contribution in [0.1, 0.15) is 38.2 Å². The summed E-state index contributed by atoms with van der Waals surface area (Å²) in [5.41, 5.74) is 0. The molecule has 1 aromatic heterocycles. The van der Waals surface area contributed by atoms with Crippen LogP contribution in [0.3, 0.4) is 0 Å². The van der Waals surface area contributed by atoms with Gasteiger partial charge in [-0.1, -0.05) is 5.10 Å². The number of rotatable bonds is 5. The summed E-state index contributed by atoms with van der Waals surface area (Å²) < 4.78 is 55.1. The summed E-state index contributed by atoms with van der Waals surface area (Å²) >= 11 is 0. The van der Waals surface area contributed by atoms with Crippen LogP contribution in [0.5, 0.6) is 6.08 Å². The van der Waals surface area contributed by atoms with Crippen molar-refractivity contribution in [3.63, 3.8) is 0 Å². The molecule has 1 aliphatic heterocycles. The lowest BCUT2D eigenvalue weighted by atomic mass is 10.1. The van der Waals surface area contributed by atoms with Crippen LogP contribution in [0, 0.1) is 0 Å². The predicted octanol–water partition coefficient (Wildman–Crippen LogP) is 2.61. The lowest BCUT2D eigenvalue weighted by Gasteiger charge is -2.18. The summed E-state index contributed by atoms with van der Waals surface area (Å²) in [6.45, 7) is 1.52. The van der Waals surface area contributed by atoms with Crippen molar-refractivity contribution < 1.29 is 31.8 Å². The molecule has 0 bridgehead atoms. The summed E-state index contributed by atoms with van der Waals surface area (Å²) in [6, 6.07) is 0. The molecule has 0 radical (unpaired) electrons. The van der Waals surface area contributed by atoms with Crippen molar-refractivity contribution in [2.75, 3.05) is 13.2 Å². The van der Waals surface area contributed by atoms with Crippen LogP contribution in [0.15, 0.2) is 4.42 Å². The zero-order valence-electron chi connectivity index (χ0n) is 10.9. The number of ether oxygens (including phenoxy) is 3. The van der Waals surface area contributed by atoms with Gasteiger partial charge in [0.05, 0.1) is 6.10 Å². The molecule has 1 unspecified atom stereocenters. The minimum atomic E-state index is -4.70. The maximum absolute atomic E-state index is 11.9. The molecule has 0 N–H and O–H groups in total. The standard InChI is InChI=1S/C11H15F3N2O4/c1-7(20-11(12,13)14)6-18-10-16-15-9(19-10)8-4-2-3-5-17-8/h7-8H,2-6H2,1H3/t7?,8-/m1/s1. The Hall–Kier alpha value is -1.35. The molecule has 1 aliphatic rings. The zero-order chi connectivity index (χ0) is 14.6. The number of nitrogens with zero attached hydrogens (tertiary/aromatic N) is 2. The van der Waals surface area contributed by atoms with Gasteiger partial charge in [-0.05, 0) is 26.2 Å². The second-order valence-electron chi connectivity index (χ2n) is 4.45. The molecule has 9 heteroatoms. The molecule has 20 heavy (non-hydrogen) atoms. The number of aromatic nitrogens is 2. The summed E-state index contributed by atoms with van der Waals surface area (Å²) in [6.07, 6.45) is -3.56. The van der Waals surface area contributed by atoms with E-state index in [4.69, 9.17) is 13.9 Å². The van der Waals surface area contributed by atoms with E-state index in [1.807, 2.05) is 0 Å². The van der Waals surface area contributed by atoms with Gasteiger partial charge in [-0.3, -0.25) is 4.74 Å². The number of alkyl halides is 3. The van der Waals surface area contributed by atoms with Gasteiger partial charge in [-0.2, -0.15) is 0 Å². The first-order chi connectivity index (χ1) is 9.44. The Morgan fingerprint density at radius 2 is 2.15 bits per heavy atom. The average molecular weight is 296 g/mol. The number of hydrogen-bond acceptors (Lipinski definition) is 6. The molecule has 1 aromatic rings. The Labute approximate surface area is 113 Å². The molecular weight excluding hydrogens is 281 g/mol. The highest BCUT2D eigenvalue weighted by molar-refractivity contribution is 4.91. The summed E-state index contributed by atoms with van der Waals surface area (Å²) in [7, 11) is 0. The lowest BCUT2D eigenvalue weighted by Crippen LogP contribution is -2.26. The molecule has 0 aliphatic carbocycles. The van der Waals surface area contributed by atoms with E-state index in [1.165, 1.54) is 6.92 Å². The van der Waals surface area contributed by atoms with Crippen molar-refractivity contribution in [2.45, 2.75) is 44.8 Å². The van der Waals surface area contributed by atoms with Crippen LogP contribution >= 0.6 is 0 Å². The highest BCUT2D eigenvalue weighted by Crippen LogP contribution is 2.28. The fourth-order valence-electron chi connectivity index (χ4n) is 1.80. The van der Waals surface area contributed by atoms with E-state index in [2.05, 4.69) is 14.9 Å². The highest BCUT2D eigenvalue weighted by Gasteiger charge is 2.32. The number of hydrogen-bond donors (Lipinski definition) is 0. The molecule has 0 amide bonds. The number of halogens is 3. The van der Waals surface area contributed by atoms with E-state index in [1.54, 1.807) is 0 Å². The van der Waals surface area contributed by atoms with E-state index < -0.39 is 12.5 Å². The second-order valence-corrected chi connectivity index (χ2v) is 4.45. The maximum Gasteiger partial charge on any atom is 0.522 e. The quantitative estimate of drug-likeness (QED) is 0.832. The van der Waals surface area contributed by atoms with Crippen LogP contribution in [-0.4, -0.2) is 35.9 Å². The van der Waals surface area contributed by atoms with Crippen molar-refractivity contribution >= 4 is 0 Å². The monoisotopic (exact) mass is 296 g/mol. The van der Waals surface area contributed by atoms with Gasteiger partial charge in [-0.25, -0.2) is 0 Å². The first kappa shape index (κ1) is 15.0. The fraction of sp³-hybridized carbons (Fsp3) is 0.818. The van der Waals surface area contributed by atoms with Gasteiger partial charge in [0.15, 0.2) is 0 Å². The Morgan fingerprint density at radius 1 is 1.35 bits per heavy atom. The van der Waals surface area contributed by atoms with Gasteiger partial charge in [0, 0.05) is 6.61 Å². The predicted molar refractivity (Wildman–Crippen MR) is 58.9 cm³/mol. The van der Waals surface area contributed by atoms with Gasteiger partial charge in [-0.15, -0.1) is 18.3 Å². The van der Waals surface area contributed by atoms with E-state index in [0.29, 0.717) is 6.61 Å². The van der Waals surface area contributed by atoms with Crippen LogP contribution in [-0.2, 0) is 9.47 Å². The first-order valence-electron chi connectivity index (χ1n) is 6.26. The van der Waals surface area contributed by atoms with Crippen molar-refractivity contribution in [2.24, 2.45) is 0 Å². The van der Waals surface area contributed by atoms with E-state index in [-0.39, 0.29) is 24.7 Å².